The standard InChI is InChI=1S/C24H40N2/c1-3-5-7-9-10-12-14-18-21(17-13-11-8-6-4-2)24-25-22-19-15-16-20-23(22)26-24/h15-16,19-21H,3-14,17-18H2,1-2H3,(H,25,26). The first-order valence-corrected chi connectivity index (χ1v) is 11.3. The normalized spacial score (nSPS) is 12.7. The van der Waals surface area contributed by atoms with Crippen LogP contribution in [0.2, 0.25) is 0 Å². The van der Waals surface area contributed by atoms with Crippen molar-refractivity contribution in [2.75, 3.05) is 0 Å². The third kappa shape index (κ3) is 7.51. The Kier molecular flexibility index (Phi) is 10.5. The lowest BCUT2D eigenvalue weighted by Crippen LogP contribution is -2.02. The minimum Gasteiger partial charge on any atom is -0.342 e. The molecule has 1 unspecified atom stereocenters. The number of unbranched alkanes of at least 4 members (excludes halogenated alkanes) is 10. The first-order chi connectivity index (χ1) is 12.8. The molecule has 1 heterocycles. The van der Waals surface area contributed by atoms with Crippen LogP contribution in [0.3, 0.4) is 0 Å². The van der Waals surface area contributed by atoms with Crippen molar-refractivity contribution >= 4 is 11.0 Å². The largest absolute Gasteiger partial charge is 0.342 e. The molecule has 0 saturated carbocycles. The molecule has 1 atom stereocenters. The molecule has 0 spiro atoms. The average Bonchev–Trinajstić information content (AvgIpc) is 3.09. The Labute approximate surface area is 161 Å². The van der Waals surface area contributed by atoms with Gasteiger partial charge in [-0.05, 0) is 25.0 Å². The molecular formula is C24H40N2. The summed E-state index contributed by atoms with van der Waals surface area (Å²) >= 11 is 0. The number of H-pyrrole nitrogens is 1. The molecule has 0 aliphatic carbocycles. The van der Waals surface area contributed by atoms with Gasteiger partial charge in [0.05, 0.1) is 11.0 Å². The van der Waals surface area contributed by atoms with Crippen LogP contribution in [0.15, 0.2) is 24.3 Å². The van der Waals surface area contributed by atoms with Crippen molar-refractivity contribution in [1.29, 1.82) is 0 Å². The number of hydrogen-bond acceptors (Lipinski definition) is 1. The number of aromatic nitrogens is 2. The summed E-state index contributed by atoms with van der Waals surface area (Å²) in [6.07, 6.45) is 19.1. The van der Waals surface area contributed by atoms with E-state index in [1.54, 1.807) is 0 Å². The van der Waals surface area contributed by atoms with Crippen molar-refractivity contribution in [2.24, 2.45) is 0 Å². The Morgan fingerprint density at radius 3 is 1.85 bits per heavy atom. The van der Waals surface area contributed by atoms with Crippen LogP contribution in [0.4, 0.5) is 0 Å². The molecule has 1 aromatic heterocycles. The fourth-order valence-corrected chi connectivity index (χ4v) is 3.93. The number of nitrogens with one attached hydrogen (secondary N) is 1. The lowest BCUT2D eigenvalue weighted by molar-refractivity contribution is 0.475. The maximum atomic E-state index is 4.91. The molecule has 1 aromatic carbocycles. The van der Waals surface area contributed by atoms with Crippen LogP contribution >= 0.6 is 0 Å². The van der Waals surface area contributed by atoms with Gasteiger partial charge in [0.1, 0.15) is 5.82 Å². The number of aromatic amines is 1. The summed E-state index contributed by atoms with van der Waals surface area (Å²) < 4.78 is 0. The molecule has 0 radical (unpaired) electrons. The van der Waals surface area contributed by atoms with Crippen molar-refractivity contribution < 1.29 is 0 Å². The van der Waals surface area contributed by atoms with Crippen LogP contribution in [0.5, 0.6) is 0 Å². The summed E-state index contributed by atoms with van der Waals surface area (Å²) in [5, 5.41) is 0. The van der Waals surface area contributed by atoms with E-state index in [4.69, 9.17) is 4.98 Å². The van der Waals surface area contributed by atoms with Gasteiger partial charge in [0, 0.05) is 5.92 Å². The van der Waals surface area contributed by atoms with Crippen LogP contribution in [0.25, 0.3) is 11.0 Å². The van der Waals surface area contributed by atoms with Gasteiger partial charge in [-0.25, -0.2) is 4.98 Å². The first kappa shape index (κ1) is 21.0. The maximum Gasteiger partial charge on any atom is 0.110 e. The zero-order valence-corrected chi connectivity index (χ0v) is 17.2. The Morgan fingerprint density at radius 2 is 1.27 bits per heavy atom. The molecule has 0 bridgehead atoms. The predicted molar refractivity (Wildman–Crippen MR) is 115 cm³/mol. The smallest absolute Gasteiger partial charge is 0.110 e. The van der Waals surface area contributed by atoms with Gasteiger partial charge in [-0.2, -0.15) is 0 Å². The van der Waals surface area contributed by atoms with Crippen molar-refractivity contribution in [3.8, 4) is 0 Å². The van der Waals surface area contributed by atoms with E-state index in [9.17, 15) is 0 Å². The molecule has 2 aromatic rings. The molecular weight excluding hydrogens is 316 g/mol. The number of imidazole rings is 1. The second-order valence-corrected chi connectivity index (χ2v) is 7.95. The Bertz CT molecular complexity index is 554. The third-order valence-electron chi connectivity index (χ3n) is 5.61. The molecule has 0 aliphatic rings. The van der Waals surface area contributed by atoms with Crippen molar-refractivity contribution in [3.05, 3.63) is 30.1 Å². The number of rotatable bonds is 15. The summed E-state index contributed by atoms with van der Waals surface area (Å²) in [7, 11) is 0. The van der Waals surface area contributed by atoms with Crippen molar-refractivity contribution in [3.63, 3.8) is 0 Å². The number of fused-ring (bicyclic) bond motifs is 1. The molecule has 2 nitrogen and oxygen atoms in total. The summed E-state index contributed by atoms with van der Waals surface area (Å²) in [6, 6.07) is 8.46. The Morgan fingerprint density at radius 1 is 0.731 bits per heavy atom. The molecule has 1 N–H and O–H groups in total. The first-order valence-electron chi connectivity index (χ1n) is 11.3. The highest BCUT2D eigenvalue weighted by Crippen LogP contribution is 2.28. The lowest BCUT2D eigenvalue weighted by Gasteiger charge is -2.14. The monoisotopic (exact) mass is 356 g/mol. The predicted octanol–water partition coefficient (Wildman–Crippen LogP) is 8.15. The average molecular weight is 357 g/mol. The van der Waals surface area contributed by atoms with E-state index < -0.39 is 0 Å². The molecule has 0 fully saturated rings. The number of nitrogens with zero attached hydrogens (tertiary/aromatic N) is 1. The zero-order valence-electron chi connectivity index (χ0n) is 17.2. The van der Waals surface area contributed by atoms with E-state index in [1.165, 1.54) is 101 Å². The molecule has 2 rings (SSSR count). The van der Waals surface area contributed by atoms with Crippen molar-refractivity contribution in [1.82, 2.24) is 9.97 Å². The summed E-state index contributed by atoms with van der Waals surface area (Å²) in [6.45, 7) is 4.58. The quantitative estimate of drug-likeness (QED) is 0.320. The Balaban J connectivity index is 1.82. The van der Waals surface area contributed by atoms with Gasteiger partial charge in [0.25, 0.3) is 0 Å². The van der Waals surface area contributed by atoms with Crippen LogP contribution in [0.1, 0.15) is 115 Å². The molecule has 146 valence electrons. The highest BCUT2D eigenvalue weighted by Gasteiger charge is 2.15. The van der Waals surface area contributed by atoms with E-state index in [2.05, 4.69) is 43.1 Å². The second kappa shape index (κ2) is 12.9. The van der Waals surface area contributed by atoms with Crippen LogP contribution in [0, 0.1) is 0 Å². The number of para-hydroxylation sites is 2. The van der Waals surface area contributed by atoms with E-state index in [0.717, 1.165) is 5.52 Å². The van der Waals surface area contributed by atoms with E-state index in [-0.39, 0.29) is 0 Å². The van der Waals surface area contributed by atoms with Crippen LogP contribution < -0.4 is 0 Å². The van der Waals surface area contributed by atoms with Gasteiger partial charge in [-0.15, -0.1) is 0 Å². The van der Waals surface area contributed by atoms with E-state index >= 15 is 0 Å². The summed E-state index contributed by atoms with van der Waals surface area (Å²) in [5.74, 6) is 1.84. The number of benzene rings is 1. The fraction of sp³-hybridized carbons (Fsp3) is 0.708. The van der Waals surface area contributed by atoms with Gasteiger partial charge in [0.2, 0.25) is 0 Å². The van der Waals surface area contributed by atoms with Crippen LogP contribution in [-0.4, -0.2) is 9.97 Å². The van der Waals surface area contributed by atoms with Gasteiger partial charge >= 0.3 is 0 Å². The molecule has 0 aliphatic heterocycles. The van der Waals surface area contributed by atoms with E-state index in [0.29, 0.717) is 5.92 Å². The molecule has 26 heavy (non-hydrogen) atoms. The van der Waals surface area contributed by atoms with Crippen LogP contribution in [-0.2, 0) is 0 Å². The molecule has 0 amide bonds. The van der Waals surface area contributed by atoms with Gasteiger partial charge in [-0.1, -0.05) is 103 Å². The molecule has 0 saturated heterocycles. The van der Waals surface area contributed by atoms with E-state index in [1.807, 2.05) is 0 Å². The van der Waals surface area contributed by atoms with Gasteiger partial charge in [0.15, 0.2) is 0 Å². The third-order valence-corrected chi connectivity index (χ3v) is 5.61. The summed E-state index contributed by atoms with van der Waals surface area (Å²) in [4.78, 5) is 8.52. The zero-order chi connectivity index (χ0) is 18.5. The van der Waals surface area contributed by atoms with Crippen molar-refractivity contribution in [2.45, 2.75) is 110 Å². The summed E-state index contributed by atoms with van der Waals surface area (Å²) in [5.41, 5.74) is 2.32. The minimum absolute atomic E-state index is 0.611. The van der Waals surface area contributed by atoms with Gasteiger partial charge < -0.3 is 4.98 Å². The highest BCUT2D eigenvalue weighted by molar-refractivity contribution is 5.74. The minimum atomic E-state index is 0.611. The SMILES string of the molecule is CCCCCCCCCC(CCCCCCC)c1nc2ccccc2[nH]1. The second-order valence-electron chi connectivity index (χ2n) is 7.95. The fourth-order valence-electron chi connectivity index (χ4n) is 3.93. The maximum absolute atomic E-state index is 4.91. The number of hydrogen-bond donors (Lipinski definition) is 1. The van der Waals surface area contributed by atoms with Gasteiger partial charge in [-0.3, -0.25) is 0 Å². The Hall–Kier alpha value is -1.31. The lowest BCUT2D eigenvalue weighted by atomic mass is 9.93. The molecule has 2 heteroatoms. The highest BCUT2D eigenvalue weighted by atomic mass is 14.9. The topological polar surface area (TPSA) is 28.7 Å².